The zero-order valence-corrected chi connectivity index (χ0v) is 7.87. The van der Waals surface area contributed by atoms with Gasteiger partial charge < -0.3 is 5.11 Å². The lowest BCUT2D eigenvalue weighted by Crippen LogP contribution is -1.74. The highest BCUT2D eigenvalue weighted by atomic mass is 35.5. The molecule has 3 nitrogen and oxygen atoms in total. The van der Waals surface area contributed by atoms with Crippen molar-refractivity contribution < 1.29 is 9.90 Å². The average Bonchev–Trinajstić information content (AvgIpc) is 2.35. The van der Waals surface area contributed by atoms with Crippen molar-refractivity contribution >= 4 is 41.0 Å². The van der Waals surface area contributed by atoms with Crippen molar-refractivity contribution in [2.75, 3.05) is 7.11 Å². The summed E-state index contributed by atoms with van der Waals surface area (Å²) in [6.45, 7) is 0. The van der Waals surface area contributed by atoms with Crippen LogP contribution in [0.3, 0.4) is 0 Å². The Morgan fingerprint density at radius 2 is 2.09 bits per heavy atom. The highest BCUT2D eigenvalue weighted by molar-refractivity contribution is 7.11. The Bertz CT molecular complexity index is 219. The highest BCUT2D eigenvalue weighted by Gasteiger charge is 2.07. The molecule has 1 rings (SSSR count). The lowest BCUT2D eigenvalue weighted by Gasteiger charge is -1.78. The number of carbonyl (C=O) groups excluding carboxylic acids is 1. The molecule has 1 aromatic rings. The van der Waals surface area contributed by atoms with E-state index in [2.05, 4.69) is 4.37 Å². The molecule has 0 saturated carbocycles. The second-order valence-electron chi connectivity index (χ2n) is 1.28. The van der Waals surface area contributed by atoms with Crippen LogP contribution >= 0.6 is 34.7 Å². The summed E-state index contributed by atoms with van der Waals surface area (Å²) in [6, 6.07) is 0. The van der Waals surface area contributed by atoms with Crippen LogP contribution in [0.1, 0.15) is 10.4 Å². The smallest absolute Gasteiger partial charge is 0.155 e. The fourth-order valence-electron chi connectivity index (χ4n) is 0.355. The van der Waals surface area contributed by atoms with E-state index in [-0.39, 0.29) is 10.7 Å². The summed E-state index contributed by atoms with van der Waals surface area (Å²) in [5, 5.41) is 7.18. The molecule has 1 N–H and O–H groups in total. The minimum absolute atomic E-state index is 0.181. The Balaban J connectivity index is 0.000000461. The van der Waals surface area contributed by atoms with Gasteiger partial charge in [0.25, 0.3) is 0 Å². The fraction of sp³-hybridized carbons (Fsp3) is 0.200. The fourth-order valence-corrected chi connectivity index (χ4v) is 1.44. The van der Waals surface area contributed by atoms with Crippen molar-refractivity contribution in [3.63, 3.8) is 0 Å². The first-order chi connectivity index (χ1) is 5.25. The summed E-state index contributed by atoms with van der Waals surface area (Å²) >= 11 is 11.9. The summed E-state index contributed by atoms with van der Waals surface area (Å²) in [4.78, 5) is 10.1. The number of rotatable bonds is 1. The van der Waals surface area contributed by atoms with Crippen molar-refractivity contribution in [2.45, 2.75) is 0 Å². The molecule has 0 fully saturated rings. The van der Waals surface area contributed by atoms with Gasteiger partial charge in [0.05, 0.1) is 5.56 Å². The number of hydrogen-bond donors (Lipinski definition) is 1. The number of carbonyl (C=O) groups is 1. The van der Waals surface area contributed by atoms with Gasteiger partial charge in [0.15, 0.2) is 11.4 Å². The third kappa shape index (κ3) is 2.75. The first kappa shape index (κ1) is 10.8. The molecule has 0 aliphatic rings. The average molecular weight is 214 g/mol. The van der Waals surface area contributed by atoms with E-state index in [1.54, 1.807) is 0 Å². The molecular weight excluding hydrogens is 209 g/mol. The number of halogens is 2. The lowest BCUT2D eigenvalue weighted by molar-refractivity contribution is 0.112. The Kier molecular flexibility index (Phi) is 5.41. The van der Waals surface area contributed by atoms with Crippen molar-refractivity contribution in [3.8, 4) is 0 Å². The number of aliphatic hydroxyl groups excluding tert-OH is 1. The number of aldehydes is 1. The van der Waals surface area contributed by atoms with Gasteiger partial charge in [-0.25, -0.2) is 0 Å². The van der Waals surface area contributed by atoms with Gasteiger partial charge in [0.2, 0.25) is 0 Å². The van der Waals surface area contributed by atoms with E-state index in [0.717, 1.165) is 18.6 Å². The first-order valence-corrected chi connectivity index (χ1v) is 3.99. The van der Waals surface area contributed by atoms with Crippen LogP contribution < -0.4 is 0 Å². The van der Waals surface area contributed by atoms with Crippen molar-refractivity contribution in [1.29, 1.82) is 0 Å². The Morgan fingerprint density at radius 3 is 2.27 bits per heavy atom. The van der Waals surface area contributed by atoms with Gasteiger partial charge in [-0.05, 0) is 11.5 Å². The SMILES string of the molecule is CO.O=Cc1c(Cl)nsc1Cl. The Morgan fingerprint density at radius 1 is 1.55 bits per heavy atom. The highest BCUT2D eigenvalue weighted by Crippen LogP contribution is 2.25. The molecule has 0 unspecified atom stereocenters. The predicted molar refractivity (Wildman–Crippen MR) is 45.7 cm³/mol. The van der Waals surface area contributed by atoms with Crippen LogP contribution in [0.25, 0.3) is 0 Å². The minimum Gasteiger partial charge on any atom is -0.400 e. The largest absolute Gasteiger partial charge is 0.400 e. The zero-order chi connectivity index (χ0) is 8.85. The second kappa shape index (κ2) is 5.49. The van der Waals surface area contributed by atoms with E-state index in [1.165, 1.54) is 0 Å². The predicted octanol–water partition coefficient (Wildman–Crippen LogP) is 1.87. The molecule has 62 valence electrons. The van der Waals surface area contributed by atoms with E-state index < -0.39 is 0 Å². The monoisotopic (exact) mass is 213 g/mol. The molecule has 0 amide bonds. The molecule has 11 heavy (non-hydrogen) atoms. The minimum atomic E-state index is 0.181. The Hall–Kier alpha value is -0.160. The van der Waals surface area contributed by atoms with Gasteiger partial charge >= 0.3 is 0 Å². The molecule has 0 aromatic carbocycles. The number of aliphatic hydroxyl groups is 1. The van der Waals surface area contributed by atoms with Crippen molar-refractivity contribution in [1.82, 2.24) is 4.37 Å². The molecule has 0 aliphatic heterocycles. The van der Waals surface area contributed by atoms with Crippen LogP contribution in [-0.4, -0.2) is 22.9 Å². The van der Waals surface area contributed by atoms with Crippen LogP contribution in [0.2, 0.25) is 9.49 Å². The van der Waals surface area contributed by atoms with Gasteiger partial charge in [-0.3, -0.25) is 4.79 Å². The van der Waals surface area contributed by atoms with Gasteiger partial charge in [-0.1, -0.05) is 23.2 Å². The van der Waals surface area contributed by atoms with Crippen molar-refractivity contribution in [3.05, 3.63) is 15.1 Å². The Labute approximate surface area is 77.7 Å². The topological polar surface area (TPSA) is 50.2 Å². The molecule has 0 aliphatic carbocycles. The standard InChI is InChI=1S/C4HCl2NOS.CH4O/c5-3-2(1-8)4(6)9-7-3;1-2/h1H;2H,1H3. The maximum atomic E-state index is 10.1. The van der Waals surface area contributed by atoms with Crippen LogP contribution in [0, 0.1) is 0 Å². The molecule has 1 aromatic heterocycles. The van der Waals surface area contributed by atoms with Gasteiger partial charge in [0, 0.05) is 7.11 Å². The molecule has 0 spiro atoms. The summed E-state index contributed by atoms with van der Waals surface area (Å²) in [5.41, 5.74) is 0.281. The van der Waals surface area contributed by atoms with E-state index in [1.807, 2.05) is 0 Å². The lowest BCUT2D eigenvalue weighted by atomic mass is 10.4. The first-order valence-electron chi connectivity index (χ1n) is 2.46. The van der Waals surface area contributed by atoms with E-state index in [9.17, 15) is 4.79 Å². The number of hydrogen-bond acceptors (Lipinski definition) is 4. The molecule has 0 bridgehead atoms. The van der Waals surface area contributed by atoms with Crippen LogP contribution in [0.5, 0.6) is 0 Å². The van der Waals surface area contributed by atoms with E-state index >= 15 is 0 Å². The molecule has 0 atom stereocenters. The summed E-state index contributed by atoms with van der Waals surface area (Å²) in [6.07, 6.45) is 0.591. The van der Waals surface area contributed by atoms with Crippen LogP contribution in [0.15, 0.2) is 0 Å². The number of nitrogens with zero attached hydrogens (tertiary/aromatic N) is 1. The van der Waals surface area contributed by atoms with Crippen LogP contribution in [0.4, 0.5) is 0 Å². The summed E-state index contributed by atoms with van der Waals surface area (Å²) in [5.74, 6) is 0. The normalized spacial score (nSPS) is 8.36. The van der Waals surface area contributed by atoms with Gasteiger partial charge in [-0.15, -0.1) is 0 Å². The molecule has 6 heteroatoms. The molecular formula is C5H5Cl2NO2S. The maximum absolute atomic E-state index is 10.1. The molecule has 1 heterocycles. The third-order valence-electron chi connectivity index (χ3n) is 0.758. The molecule has 0 radical (unpaired) electrons. The van der Waals surface area contributed by atoms with E-state index in [4.69, 9.17) is 28.3 Å². The summed E-state index contributed by atoms with van der Waals surface area (Å²) < 4.78 is 3.97. The number of aromatic nitrogens is 1. The van der Waals surface area contributed by atoms with Crippen molar-refractivity contribution in [2.24, 2.45) is 0 Å². The zero-order valence-electron chi connectivity index (χ0n) is 5.54. The van der Waals surface area contributed by atoms with Gasteiger partial charge in [-0.2, -0.15) is 4.37 Å². The summed E-state index contributed by atoms with van der Waals surface area (Å²) in [7, 11) is 1.00. The van der Waals surface area contributed by atoms with Crippen LogP contribution in [-0.2, 0) is 0 Å². The quantitative estimate of drug-likeness (QED) is 0.726. The molecule has 0 saturated heterocycles. The van der Waals surface area contributed by atoms with Gasteiger partial charge in [0.1, 0.15) is 4.34 Å². The maximum Gasteiger partial charge on any atom is 0.155 e. The van der Waals surface area contributed by atoms with E-state index in [0.29, 0.717) is 10.6 Å². The third-order valence-corrected chi connectivity index (χ3v) is 2.21. The second-order valence-corrected chi connectivity index (χ2v) is 3.01.